The Morgan fingerprint density at radius 2 is 2.28 bits per heavy atom. The highest BCUT2D eigenvalue weighted by Crippen LogP contribution is 2.34. The van der Waals surface area contributed by atoms with Gasteiger partial charge < -0.3 is 19.0 Å². The molecule has 0 bridgehead atoms. The Morgan fingerprint density at radius 1 is 1.44 bits per heavy atom. The predicted octanol–water partition coefficient (Wildman–Crippen LogP) is 2.42. The maximum atomic E-state index is 12.1. The van der Waals surface area contributed by atoms with Gasteiger partial charge in [-0.15, -0.1) is 0 Å². The summed E-state index contributed by atoms with van der Waals surface area (Å²) < 4.78 is 15.7. The number of nitrogens with one attached hydrogen (secondary N) is 1. The molecule has 1 atom stereocenters. The van der Waals surface area contributed by atoms with E-state index in [4.69, 9.17) is 19.0 Å². The molecule has 1 unspecified atom stereocenters. The van der Waals surface area contributed by atoms with Gasteiger partial charge in [-0.1, -0.05) is 6.92 Å². The molecular weight excluding hydrogens is 328 g/mol. The van der Waals surface area contributed by atoms with Gasteiger partial charge >= 0.3 is 6.09 Å². The minimum absolute atomic E-state index is 0.0858. The van der Waals surface area contributed by atoms with Gasteiger partial charge in [0, 0.05) is 18.9 Å². The number of aliphatic hydroxyl groups excluding tert-OH is 1. The van der Waals surface area contributed by atoms with E-state index < -0.39 is 6.09 Å². The van der Waals surface area contributed by atoms with Gasteiger partial charge in [0.2, 0.25) is 5.88 Å². The third-order valence-corrected chi connectivity index (χ3v) is 3.71. The molecule has 8 nitrogen and oxygen atoms in total. The first kappa shape index (κ1) is 17.0. The number of aliphatic hydroxyl groups is 1. The number of anilines is 1. The average molecular weight is 346 g/mol. The molecule has 25 heavy (non-hydrogen) atoms. The van der Waals surface area contributed by atoms with Gasteiger partial charge in [-0.25, -0.2) is 9.78 Å². The minimum Gasteiger partial charge on any atom is -0.475 e. The van der Waals surface area contributed by atoms with Crippen molar-refractivity contribution in [3.8, 4) is 11.6 Å². The zero-order valence-corrected chi connectivity index (χ0v) is 13.7. The zero-order chi connectivity index (χ0) is 17.8. The van der Waals surface area contributed by atoms with Crippen LogP contribution in [0.4, 0.5) is 10.5 Å². The Bertz CT molecular complexity index is 768. The van der Waals surface area contributed by atoms with E-state index in [0.29, 0.717) is 35.7 Å². The number of pyridine rings is 1. The molecule has 0 saturated carbocycles. The first-order valence-electron chi connectivity index (χ1n) is 7.89. The number of furan rings is 1. The van der Waals surface area contributed by atoms with Crippen LogP contribution in [-0.4, -0.2) is 35.2 Å². The fourth-order valence-electron chi connectivity index (χ4n) is 2.64. The van der Waals surface area contributed by atoms with Gasteiger partial charge in [-0.05, 0) is 12.0 Å². The molecule has 2 aromatic rings. The van der Waals surface area contributed by atoms with Gasteiger partial charge in [0.1, 0.15) is 24.2 Å². The largest absolute Gasteiger partial charge is 0.475 e. The van der Waals surface area contributed by atoms with Crippen molar-refractivity contribution in [3.63, 3.8) is 0 Å². The fourth-order valence-corrected chi connectivity index (χ4v) is 2.64. The van der Waals surface area contributed by atoms with Gasteiger partial charge in [-0.2, -0.15) is 0 Å². The molecule has 3 rings (SSSR count). The summed E-state index contributed by atoms with van der Waals surface area (Å²) in [5, 5.41) is 11.2. The lowest BCUT2D eigenvalue weighted by Crippen LogP contribution is -2.20. The minimum atomic E-state index is -0.749. The maximum Gasteiger partial charge on any atom is 0.417 e. The van der Waals surface area contributed by atoms with Crippen LogP contribution >= 0.6 is 0 Å². The SMILES string of the molecule is CC1CC(=O)c2c(OC(=O)Nc3ccc(OCCO)nc3)coc2C1. The summed E-state index contributed by atoms with van der Waals surface area (Å²) in [6, 6.07) is 3.13. The third kappa shape index (κ3) is 3.97. The van der Waals surface area contributed by atoms with Crippen LogP contribution in [0.5, 0.6) is 11.6 Å². The van der Waals surface area contributed by atoms with E-state index in [-0.39, 0.29) is 30.7 Å². The van der Waals surface area contributed by atoms with Crippen LogP contribution in [0.2, 0.25) is 0 Å². The van der Waals surface area contributed by atoms with Crippen molar-refractivity contribution in [2.45, 2.75) is 19.8 Å². The van der Waals surface area contributed by atoms with E-state index >= 15 is 0 Å². The smallest absolute Gasteiger partial charge is 0.417 e. The number of rotatable bonds is 5. The molecule has 0 spiro atoms. The number of nitrogens with zero attached hydrogens (tertiary/aromatic N) is 1. The van der Waals surface area contributed by atoms with Crippen LogP contribution in [0.1, 0.15) is 29.5 Å². The number of aromatic nitrogens is 1. The number of carbonyl (C=O) groups excluding carboxylic acids is 2. The molecular formula is C17H18N2O6. The van der Waals surface area contributed by atoms with E-state index in [1.54, 1.807) is 12.1 Å². The van der Waals surface area contributed by atoms with Crippen LogP contribution in [0.3, 0.4) is 0 Å². The number of fused-ring (bicyclic) bond motifs is 1. The lowest BCUT2D eigenvalue weighted by atomic mass is 9.88. The maximum absolute atomic E-state index is 12.1. The fraction of sp³-hybridized carbons (Fsp3) is 0.353. The van der Waals surface area contributed by atoms with Crippen molar-refractivity contribution in [2.24, 2.45) is 5.92 Å². The van der Waals surface area contributed by atoms with Crippen molar-refractivity contribution < 1.29 is 28.6 Å². The van der Waals surface area contributed by atoms with Gasteiger partial charge in [0.15, 0.2) is 11.5 Å². The molecule has 0 fully saturated rings. The third-order valence-electron chi connectivity index (χ3n) is 3.71. The Hall–Kier alpha value is -2.87. The lowest BCUT2D eigenvalue weighted by molar-refractivity contribution is 0.0947. The van der Waals surface area contributed by atoms with E-state index in [2.05, 4.69) is 10.3 Å². The quantitative estimate of drug-likeness (QED) is 0.855. The number of hydrogen-bond acceptors (Lipinski definition) is 7. The number of hydrogen-bond donors (Lipinski definition) is 2. The lowest BCUT2D eigenvalue weighted by Gasteiger charge is -2.16. The summed E-state index contributed by atoms with van der Waals surface area (Å²) >= 11 is 0. The monoisotopic (exact) mass is 346 g/mol. The standard InChI is InChI=1S/C17H18N2O6/c1-10-6-12(21)16-13(7-10)24-9-14(16)25-17(22)19-11-2-3-15(18-8-11)23-5-4-20/h2-3,8-10,20H,4-7H2,1H3,(H,19,22). The van der Waals surface area contributed by atoms with Crippen LogP contribution in [0.25, 0.3) is 0 Å². The summed E-state index contributed by atoms with van der Waals surface area (Å²) in [7, 11) is 0. The molecule has 2 N–H and O–H groups in total. The van der Waals surface area contributed by atoms with E-state index in [9.17, 15) is 9.59 Å². The zero-order valence-electron chi connectivity index (χ0n) is 13.7. The van der Waals surface area contributed by atoms with Gasteiger partial charge in [-0.3, -0.25) is 10.1 Å². The van der Waals surface area contributed by atoms with Crippen LogP contribution in [0.15, 0.2) is 29.0 Å². The molecule has 0 radical (unpaired) electrons. The molecule has 0 saturated heterocycles. The molecule has 8 heteroatoms. The molecule has 1 aliphatic rings. The second kappa shape index (κ2) is 7.35. The molecule has 132 valence electrons. The van der Waals surface area contributed by atoms with E-state index in [1.807, 2.05) is 6.92 Å². The topological polar surface area (TPSA) is 111 Å². The number of Topliss-reactive ketones (excluding diaryl/α,β-unsaturated/α-hetero) is 1. The molecule has 0 aromatic carbocycles. The normalized spacial score (nSPS) is 16.2. The molecule has 0 aliphatic heterocycles. The van der Waals surface area contributed by atoms with Crippen molar-refractivity contribution in [1.82, 2.24) is 4.98 Å². The van der Waals surface area contributed by atoms with E-state index in [1.165, 1.54) is 12.5 Å². The second-order valence-corrected chi connectivity index (χ2v) is 5.81. The summed E-state index contributed by atoms with van der Waals surface area (Å²) in [6.07, 6.45) is 2.98. The van der Waals surface area contributed by atoms with Crippen LogP contribution in [0, 0.1) is 5.92 Å². The highest BCUT2D eigenvalue weighted by Gasteiger charge is 2.30. The van der Waals surface area contributed by atoms with Crippen molar-refractivity contribution in [2.75, 3.05) is 18.5 Å². The predicted molar refractivity (Wildman–Crippen MR) is 87.0 cm³/mol. The van der Waals surface area contributed by atoms with Crippen molar-refractivity contribution in [3.05, 3.63) is 35.9 Å². The Morgan fingerprint density at radius 3 is 3.00 bits per heavy atom. The van der Waals surface area contributed by atoms with E-state index in [0.717, 1.165) is 0 Å². The van der Waals surface area contributed by atoms with Gasteiger partial charge in [0.25, 0.3) is 0 Å². The molecule has 1 aliphatic carbocycles. The molecule has 2 aromatic heterocycles. The molecule has 2 heterocycles. The number of amides is 1. The first-order valence-corrected chi connectivity index (χ1v) is 7.89. The summed E-state index contributed by atoms with van der Waals surface area (Å²) in [4.78, 5) is 28.1. The number of carbonyl (C=O) groups is 2. The number of ketones is 1. The Balaban J connectivity index is 1.63. The first-order chi connectivity index (χ1) is 12.1. The summed E-state index contributed by atoms with van der Waals surface area (Å²) in [5.74, 6) is 1.14. The highest BCUT2D eigenvalue weighted by atomic mass is 16.6. The summed E-state index contributed by atoms with van der Waals surface area (Å²) in [5.41, 5.74) is 0.748. The molecule has 1 amide bonds. The van der Waals surface area contributed by atoms with Crippen LogP contribution in [-0.2, 0) is 6.42 Å². The Kier molecular flexibility index (Phi) is 4.99. The Labute approximate surface area is 143 Å². The van der Waals surface area contributed by atoms with Crippen molar-refractivity contribution in [1.29, 1.82) is 0 Å². The summed E-state index contributed by atoms with van der Waals surface area (Å²) in [6.45, 7) is 2.00. The highest BCUT2D eigenvalue weighted by molar-refractivity contribution is 6.01. The van der Waals surface area contributed by atoms with Crippen LogP contribution < -0.4 is 14.8 Å². The number of ether oxygens (including phenoxy) is 2. The van der Waals surface area contributed by atoms with Gasteiger partial charge in [0.05, 0.1) is 18.5 Å². The van der Waals surface area contributed by atoms with Crippen molar-refractivity contribution >= 4 is 17.6 Å². The second-order valence-electron chi connectivity index (χ2n) is 5.81. The average Bonchev–Trinajstić information content (AvgIpc) is 2.97.